The van der Waals surface area contributed by atoms with E-state index in [4.69, 9.17) is 11.6 Å². The van der Waals surface area contributed by atoms with Gasteiger partial charge < -0.3 is 5.32 Å². The van der Waals surface area contributed by atoms with Crippen molar-refractivity contribution in [1.82, 2.24) is 0 Å². The molecule has 0 aliphatic carbocycles. The zero-order valence-corrected chi connectivity index (χ0v) is 15.5. The van der Waals surface area contributed by atoms with E-state index in [1.54, 1.807) is 6.07 Å². The quantitative estimate of drug-likeness (QED) is 0.840. The number of hydrogen-bond acceptors (Lipinski definition) is 3. The number of halogens is 1. The van der Waals surface area contributed by atoms with Crippen LogP contribution in [0.2, 0.25) is 5.02 Å². The summed E-state index contributed by atoms with van der Waals surface area (Å²) >= 11 is 6.15. The van der Waals surface area contributed by atoms with Crippen LogP contribution < -0.4 is 10.0 Å². The Kier molecular flexibility index (Phi) is 4.26. The second-order valence-electron chi connectivity index (χ2n) is 6.97. The number of rotatable bonds is 3. The first-order valence-corrected chi connectivity index (χ1v) is 10.1. The molecule has 0 saturated carbocycles. The minimum Gasteiger partial charge on any atom is -0.378 e. The van der Waals surface area contributed by atoms with E-state index in [1.165, 1.54) is 5.56 Å². The third-order valence-electron chi connectivity index (χ3n) is 4.35. The predicted molar refractivity (Wildman–Crippen MR) is 100 cm³/mol. The highest BCUT2D eigenvalue weighted by Gasteiger charge is 2.33. The van der Waals surface area contributed by atoms with Gasteiger partial charge in [-0.15, -0.1) is 0 Å². The molecule has 1 unspecified atom stereocenters. The largest absolute Gasteiger partial charge is 0.378 e. The number of fused-ring (bicyclic) bond motifs is 1. The van der Waals surface area contributed by atoms with E-state index in [9.17, 15) is 8.42 Å². The number of benzene rings is 2. The topological polar surface area (TPSA) is 58.2 Å². The highest BCUT2D eigenvalue weighted by Crippen LogP contribution is 2.45. The third kappa shape index (κ3) is 3.68. The molecule has 128 valence electrons. The van der Waals surface area contributed by atoms with Gasteiger partial charge in [0.25, 0.3) is 0 Å². The molecule has 6 heteroatoms. The van der Waals surface area contributed by atoms with E-state index in [0.29, 0.717) is 5.69 Å². The van der Waals surface area contributed by atoms with Gasteiger partial charge in [-0.3, -0.25) is 4.72 Å². The zero-order valence-electron chi connectivity index (χ0n) is 13.9. The normalized spacial score (nSPS) is 19.2. The van der Waals surface area contributed by atoms with Gasteiger partial charge in [-0.2, -0.15) is 0 Å². The van der Waals surface area contributed by atoms with Crippen LogP contribution in [0, 0.1) is 0 Å². The van der Waals surface area contributed by atoms with Gasteiger partial charge >= 0.3 is 0 Å². The first-order valence-electron chi connectivity index (χ1n) is 7.78. The Hall–Kier alpha value is -1.72. The number of hydrogen-bond donors (Lipinski definition) is 2. The fourth-order valence-electron chi connectivity index (χ4n) is 3.30. The van der Waals surface area contributed by atoms with Gasteiger partial charge in [0.05, 0.1) is 12.3 Å². The molecule has 3 rings (SSSR count). The van der Waals surface area contributed by atoms with Crippen LogP contribution >= 0.6 is 11.6 Å². The molecule has 4 nitrogen and oxygen atoms in total. The maximum atomic E-state index is 11.4. The standard InChI is InChI=1S/C18H21ClN2O2S/c1-18(2)11-17(20-16-8-7-13(19)10-15(16)18)12-5-4-6-14(9-12)21-24(3,22)23/h4-10,17,20-21H,11H2,1-3H3. The van der Waals surface area contributed by atoms with Crippen LogP contribution in [0.15, 0.2) is 42.5 Å². The van der Waals surface area contributed by atoms with Gasteiger partial charge in [-0.25, -0.2) is 8.42 Å². The van der Waals surface area contributed by atoms with Crippen LogP contribution in [0.1, 0.15) is 37.4 Å². The molecule has 2 N–H and O–H groups in total. The van der Waals surface area contributed by atoms with E-state index in [-0.39, 0.29) is 11.5 Å². The lowest BCUT2D eigenvalue weighted by Crippen LogP contribution is -2.31. The minimum atomic E-state index is -3.29. The van der Waals surface area contributed by atoms with E-state index in [1.807, 2.05) is 36.4 Å². The molecule has 0 amide bonds. The summed E-state index contributed by atoms with van der Waals surface area (Å²) in [7, 11) is -3.29. The second kappa shape index (κ2) is 5.97. The van der Waals surface area contributed by atoms with Gasteiger partial charge in [0, 0.05) is 16.4 Å². The summed E-state index contributed by atoms with van der Waals surface area (Å²) in [6.07, 6.45) is 2.05. The van der Waals surface area contributed by atoms with Crippen LogP contribution in [0.5, 0.6) is 0 Å². The van der Waals surface area contributed by atoms with Crippen molar-refractivity contribution in [3.05, 3.63) is 58.6 Å². The fourth-order valence-corrected chi connectivity index (χ4v) is 4.02. The molecule has 0 saturated heterocycles. The summed E-state index contributed by atoms with van der Waals surface area (Å²) in [6.45, 7) is 4.41. The minimum absolute atomic E-state index is 0.0313. The van der Waals surface area contributed by atoms with Crippen LogP contribution in [0.4, 0.5) is 11.4 Å². The van der Waals surface area contributed by atoms with Crippen LogP contribution in [0.3, 0.4) is 0 Å². The Morgan fingerprint density at radius 2 is 1.96 bits per heavy atom. The molecule has 1 aliphatic heterocycles. The summed E-state index contributed by atoms with van der Waals surface area (Å²) in [5, 5.41) is 4.29. The monoisotopic (exact) mass is 364 g/mol. The summed E-state index contributed by atoms with van der Waals surface area (Å²) < 4.78 is 25.4. The molecule has 24 heavy (non-hydrogen) atoms. The highest BCUT2D eigenvalue weighted by atomic mass is 35.5. The summed E-state index contributed by atoms with van der Waals surface area (Å²) in [4.78, 5) is 0. The molecule has 0 aromatic heterocycles. The van der Waals surface area contributed by atoms with Crippen molar-refractivity contribution in [2.45, 2.75) is 31.7 Å². The predicted octanol–water partition coefficient (Wildman–Crippen LogP) is 4.55. The molecule has 1 heterocycles. The van der Waals surface area contributed by atoms with E-state index >= 15 is 0 Å². The summed E-state index contributed by atoms with van der Waals surface area (Å²) in [5.41, 5.74) is 3.88. The Morgan fingerprint density at radius 1 is 1.21 bits per heavy atom. The molecule has 2 aromatic rings. The molecule has 0 radical (unpaired) electrons. The van der Waals surface area contributed by atoms with Crippen LogP contribution in [-0.2, 0) is 15.4 Å². The van der Waals surface area contributed by atoms with Gasteiger partial charge in [0.1, 0.15) is 0 Å². The van der Waals surface area contributed by atoms with Crippen molar-refractivity contribution < 1.29 is 8.42 Å². The fraction of sp³-hybridized carbons (Fsp3) is 0.333. The maximum Gasteiger partial charge on any atom is 0.229 e. The molecular formula is C18H21ClN2O2S. The highest BCUT2D eigenvalue weighted by molar-refractivity contribution is 7.92. The van der Waals surface area contributed by atoms with Gasteiger partial charge in [-0.1, -0.05) is 37.6 Å². The smallest absolute Gasteiger partial charge is 0.229 e. The molecule has 2 aromatic carbocycles. The Balaban J connectivity index is 1.94. The molecule has 1 atom stereocenters. The lowest BCUT2D eigenvalue weighted by atomic mass is 9.74. The zero-order chi connectivity index (χ0) is 17.5. The van der Waals surface area contributed by atoms with Crippen molar-refractivity contribution in [3.8, 4) is 0 Å². The maximum absolute atomic E-state index is 11.4. The Bertz CT molecular complexity index is 878. The number of sulfonamides is 1. The van der Waals surface area contributed by atoms with Crippen molar-refractivity contribution >= 4 is 33.0 Å². The van der Waals surface area contributed by atoms with Crippen LogP contribution in [-0.4, -0.2) is 14.7 Å². The summed E-state index contributed by atoms with van der Waals surface area (Å²) in [5.74, 6) is 0. The van der Waals surface area contributed by atoms with Crippen molar-refractivity contribution in [1.29, 1.82) is 0 Å². The van der Waals surface area contributed by atoms with Crippen LogP contribution in [0.25, 0.3) is 0 Å². The average Bonchev–Trinajstić information content (AvgIpc) is 2.46. The molecule has 0 bridgehead atoms. The molecule has 0 spiro atoms. The third-order valence-corrected chi connectivity index (χ3v) is 5.19. The van der Waals surface area contributed by atoms with Gasteiger partial charge in [0.15, 0.2) is 0 Å². The van der Waals surface area contributed by atoms with Crippen molar-refractivity contribution in [3.63, 3.8) is 0 Å². The molecular weight excluding hydrogens is 344 g/mol. The first kappa shape index (κ1) is 17.1. The average molecular weight is 365 g/mol. The lowest BCUT2D eigenvalue weighted by molar-refractivity contribution is 0.427. The molecule has 1 aliphatic rings. The number of nitrogens with one attached hydrogen (secondary N) is 2. The number of anilines is 2. The van der Waals surface area contributed by atoms with Gasteiger partial charge in [0.2, 0.25) is 10.0 Å². The van der Waals surface area contributed by atoms with Crippen molar-refractivity contribution in [2.75, 3.05) is 16.3 Å². The SMILES string of the molecule is CC1(C)CC(c2cccc(NS(C)(=O)=O)c2)Nc2ccc(Cl)cc21. The Morgan fingerprint density at radius 3 is 2.67 bits per heavy atom. The van der Waals surface area contributed by atoms with Gasteiger partial charge in [-0.05, 0) is 53.3 Å². The van der Waals surface area contributed by atoms with E-state index in [0.717, 1.165) is 29.0 Å². The first-order chi connectivity index (χ1) is 11.1. The van der Waals surface area contributed by atoms with Crippen molar-refractivity contribution in [2.24, 2.45) is 0 Å². The summed E-state index contributed by atoms with van der Waals surface area (Å²) in [6, 6.07) is 13.5. The van der Waals surface area contributed by atoms with E-state index < -0.39 is 10.0 Å². The van der Waals surface area contributed by atoms with E-state index in [2.05, 4.69) is 23.9 Å². The second-order valence-corrected chi connectivity index (χ2v) is 9.16. The molecule has 0 fully saturated rings. The Labute approximate surface area is 148 Å². The lowest BCUT2D eigenvalue weighted by Gasteiger charge is -2.39.